The molecule has 0 spiro atoms. The minimum Gasteiger partial charge on any atom is -0.390 e. The van der Waals surface area contributed by atoms with E-state index in [1.165, 1.54) is 44.9 Å². The van der Waals surface area contributed by atoms with E-state index in [9.17, 15) is 39.9 Å². The first kappa shape index (κ1) is 61.4. The number of aliphatic hydroxyl groups excluding tert-OH is 5. The zero-order chi connectivity index (χ0) is 53.6. The molecule has 2 unspecified atom stereocenters. The van der Waals surface area contributed by atoms with Crippen LogP contribution in [-0.2, 0) is 23.9 Å². The first-order chi connectivity index (χ1) is 36.0. The predicted octanol–water partition coefficient (Wildman–Crippen LogP) is 4.12. The number of halogens is 1. The normalized spacial score (nSPS) is 17.8. The minimum atomic E-state index is -1.78. The second-order valence-corrected chi connectivity index (χ2v) is 18.1. The van der Waals surface area contributed by atoms with Gasteiger partial charge >= 0.3 is 0 Å². The van der Waals surface area contributed by atoms with Gasteiger partial charge in [0.1, 0.15) is 24.4 Å². The van der Waals surface area contributed by atoms with Gasteiger partial charge in [0.25, 0.3) is 17.7 Å². The van der Waals surface area contributed by atoms with E-state index in [4.69, 9.17) is 9.47 Å². The van der Waals surface area contributed by atoms with Crippen LogP contribution in [0.15, 0.2) is 38.8 Å². The predicted molar refractivity (Wildman–Crippen MR) is 294 cm³/mol. The Morgan fingerprint density at radius 2 is 1.12 bits per heavy atom. The lowest BCUT2D eigenvalue weighted by Crippen LogP contribution is -2.60. The van der Waals surface area contributed by atoms with E-state index in [-0.39, 0.29) is 20.7 Å². The highest BCUT2D eigenvalue weighted by Crippen LogP contribution is 2.38. The standard InChI is InChI=1S/C60H55IN2O10S/c1-3-5-7-9-11-13-15-17-18-19-20-21-22-23-24-25-26-27-29-31-33-35-40-44-51(65)62-48(53(66)49(64)43-39-34-32-30-28-16-14-12-10-8-6-4-2)45-72-60-56(69)55(68)54(67)50(73-60)46-74-57-52(61)58(70)63(59(57)71)47-41-37-36-38-42-47/h36-38,41-42,48-50,53-56,60,64,66-69H,4,6,8,10,12,14,16,28,30,32,34,39,43,45-46H2,1-2H3,(H,62,65)/t48-,49+,50?,53-,54-,55-,56?,60-/m0/s1. The summed E-state index contributed by atoms with van der Waals surface area (Å²) in [6, 6.07) is 7.09. The van der Waals surface area contributed by atoms with Crippen LogP contribution in [0, 0.1) is 142 Å². The van der Waals surface area contributed by atoms with Gasteiger partial charge in [-0.2, -0.15) is 0 Å². The molecule has 378 valence electrons. The molecule has 0 saturated carbocycles. The van der Waals surface area contributed by atoms with Crippen molar-refractivity contribution in [2.45, 2.75) is 146 Å². The van der Waals surface area contributed by atoms with Gasteiger partial charge in [0.15, 0.2) is 6.29 Å². The lowest BCUT2D eigenvalue weighted by molar-refractivity contribution is -0.294. The number of hydrogen-bond acceptors (Lipinski definition) is 11. The highest BCUT2D eigenvalue weighted by atomic mass is 127. The fourth-order valence-corrected chi connectivity index (χ4v) is 8.79. The zero-order valence-corrected chi connectivity index (χ0v) is 44.1. The molecular weight excluding hydrogens is 1070 g/mol. The number of para-hydroxylation sites is 1. The van der Waals surface area contributed by atoms with Crippen LogP contribution in [0.25, 0.3) is 0 Å². The summed E-state index contributed by atoms with van der Waals surface area (Å²) >= 11 is 2.72. The van der Waals surface area contributed by atoms with E-state index >= 15 is 0 Å². The molecule has 2 aliphatic rings. The number of rotatable bonds is 23. The van der Waals surface area contributed by atoms with Crippen LogP contribution < -0.4 is 10.2 Å². The molecule has 3 amide bonds. The number of thioether (sulfide) groups is 1. The maximum absolute atomic E-state index is 13.3. The molecule has 0 radical (unpaired) electrons. The van der Waals surface area contributed by atoms with Crippen LogP contribution in [0.3, 0.4) is 0 Å². The first-order valence-corrected chi connectivity index (χ1v) is 25.9. The average molecular weight is 1120 g/mol. The lowest BCUT2D eigenvalue weighted by atomic mass is 9.98. The third-order valence-electron chi connectivity index (χ3n) is 10.6. The Balaban J connectivity index is 1.61. The molecular formula is C60H55IN2O10S. The molecule has 1 fully saturated rings. The summed E-state index contributed by atoms with van der Waals surface area (Å²) in [6.45, 7) is 3.34. The Labute approximate surface area is 454 Å². The van der Waals surface area contributed by atoms with E-state index in [1.807, 2.05) is 0 Å². The summed E-state index contributed by atoms with van der Waals surface area (Å²) in [4.78, 5) is 40.5. The molecule has 14 heteroatoms. The smallest absolute Gasteiger partial charge is 0.297 e. The molecule has 1 saturated heterocycles. The molecule has 0 aliphatic carbocycles. The van der Waals surface area contributed by atoms with E-state index in [2.05, 4.69) is 154 Å². The van der Waals surface area contributed by atoms with Crippen molar-refractivity contribution >= 4 is 57.8 Å². The molecule has 2 heterocycles. The molecule has 0 bridgehead atoms. The fraction of sp³-hybridized carbons (Fsp3) is 0.417. The number of nitrogens with one attached hydrogen (secondary N) is 1. The van der Waals surface area contributed by atoms with Gasteiger partial charge in [-0.3, -0.25) is 14.4 Å². The van der Waals surface area contributed by atoms with Crippen LogP contribution in [0.1, 0.15) is 97.3 Å². The Morgan fingerprint density at radius 3 is 1.61 bits per heavy atom. The topological polar surface area (TPSA) is 186 Å². The van der Waals surface area contributed by atoms with E-state index in [0.29, 0.717) is 12.1 Å². The summed E-state index contributed by atoms with van der Waals surface area (Å²) in [5.74, 6) is 57.4. The molecule has 8 atom stereocenters. The average Bonchev–Trinajstić information content (AvgIpc) is 3.61. The van der Waals surface area contributed by atoms with Gasteiger partial charge in [-0.25, -0.2) is 4.90 Å². The van der Waals surface area contributed by atoms with E-state index in [0.717, 1.165) is 42.3 Å². The Hall–Kier alpha value is -6.91. The highest BCUT2D eigenvalue weighted by molar-refractivity contribution is 14.1. The van der Waals surface area contributed by atoms with Gasteiger partial charge in [-0.05, 0) is 143 Å². The number of amides is 3. The Bertz CT molecular complexity index is 2940. The number of carbonyl (C=O) groups excluding carboxylic acids is 3. The Morgan fingerprint density at radius 1 is 0.662 bits per heavy atom. The third-order valence-corrected chi connectivity index (χ3v) is 13.1. The first-order valence-electron chi connectivity index (χ1n) is 23.9. The molecule has 2 aliphatic heterocycles. The van der Waals surface area contributed by atoms with Crippen molar-refractivity contribution in [3.63, 3.8) is 0 Å². The Kier molecular flexibility index (Phi) is 31.3. The number of nitrogens with zero attached hydrogens (tertiary/aromatic N) is 1. The van der Waals surface area contributed by atoms with Gasteiger partial charge < -0.3 is 40.3 Å². The maximum atomic E-state index is 13.3. The van der Waals surface area contributed by atoms with Crippen molar-refractivity contribution in [2.24, 2.45) is 0 Å². The SMILES string of the molecule is CC#CC#CC#CC#CC#CC#CC#CC#CC#CC#CC#CC#CC(=O)N[C@@H](CO[C@H]1OC(CSC2=C(I)C(=O)N(c3ccccc3)C2=O)[C@H](O)[C@H](O)C1O)[C@H](O)[C@H](O)CCCCCCCCCCCCCC. The number of unbranched alkanes of at least 4 members (excludes halogenated alkanes) is 11. The molecule has 3 rings (SSSR count). The van der Waals surface area contributed by atoms with Crippen molar-refractivity contribution < 1.29 is 49.4 Å². The number of carbonyl (C=O) groups is 3. The monoisotopic (exact) mass is 1120 g/mol. The quantitative estimate of drug-likeness (QED) is 0.0401. The van der Waals surface area contributed by atoms with Gasteiger partial charge in [0.2, 0.25) is 0 Å². The summed E-state index contributed by atoms with van der Waals surface area (Å²) in [6.07, 6.45) is 2.81. The van der Waals surface area contributed by atoms with Gasteiger partial charge in [-0.15, -0.1) is 11.8 Å². The van der Waals surface area contributed by atoms with Crippen molar-refractivity contribution in [2.75, 3.05) is 17.3 Å². The van der Waals surface area contributed by atoms with Crippen LogP contribution in [0.5, 0.6) is 0 Å². The van der Waals surface area contributed by atoms with E-state index < -0.39 is 73.3 Å². The number of anilines is 1. The van der Waals surface area contributed by atoms with E-state index in [1.54, 1.807) is 59.8 Å². The summed E-state index contributed by atoms with van der Waals surface area (Å²) in [5.41, 5.74) is 0.385. The van der Waals surface area contributed by atoms with Crippen LogP contribution in [-0.4, -0.2) is 105 Å². The van der Waals surface area contributed by atoms with Gasteiger partial charge in [-0.1, -0.05) is 108 Å². The second kappa shape index (κ2) is 37.8. The summed E-state index contributed by atoms with van der Waals surface area (Å²) in [7, 11) is 0. The van der Waals surface area contributed by atoms with Crippen LogP contribution >= 0.6 is 34.4 Å². The number of imide groups is 1. The number of hydrogen-bond donors (Lipinski definition) is 6. The van der Waals surface area contributed by atoms with Gasteiger partial charge in [0.05, 0.1) is 39.0 Å². The molecule has 1 aromatic carbocycles. The number of aliphatic hydroxyl groups is 5. The third kappa shape index (κ3) is 23.8. The maximum Gasteiger partial charge on any atom is 0.297 e. The second-order valence-electron chi connectivity index (χ2n) is 16.0. The van der Waals surface area contributed by atoms with Crippen molar-refractivity contribution in [3.8, 4) is 142 Å². The van der Waals surface area contributed by atoms with Gasteiger partial charge in [0, 0.05) is 47.2 Å². The van der Waals surface area contributed by atoms with Crippen molar-refractivity contribution in [3.05, 3.63) is 38.8 Å². The van der Waals surface area contributed by atoms with Crippen molar-refractivity contribution in [1.82, 2.24) is 5.32 Å². The number of benzene rings is 1. The molecule has 6 N–H and O–H groups in total. The molecule has 12 nitrogen and oxygen atoms in total. The summed E-state index contributed by atoms with van der Waals surface area (Å²) < 4.78 is 11.9. The largest absolute Gasteiger partial charge is 0.390 e. The lowest BCUT2D eigenvalue weighted by Gasteiger charge is -2.41. The zero-order valence-electron chi connectivity index (χ0n) is 41.1. The molecule has 74 heavy (non-hydrogen) atoms. The fourth-order valence-electron chi connectivity index (χ4n) is 6.81. The highest BCUT2D eigenvalue weighted by Gasteiger charge is 2.46. The summed E-state index contributed by atoms with van der Waals surface area (Å²) in [5, 5.41) is 57.5. The van der Waals surface area contributed by atoms with Crippen molar-refractivity contribution in [1.29, 1.82) is 0 Å². The van der Waals surface area contributed by atoms with Crippen LogP contribution in [0.4, 0.5) is 5.69 Å². The van der Waals surface area contributed by atoms with Crippen LogP contribution in [0.2, 0.25) is 0 Å². The minimum absolute atomic E-state index is 0.110. The molecule has 0 aromatic heterocycles. The number of ether oxygens (including phenoxy) is 2. The molecule has 1 aromatic rings.